The van der Waals surface area contributed by atoms with Crippen LogP contribution in [0.3, 0.4) is 0 Å². The highest BCUT2D eigenvalue weighted by Gasteiger charge is 2.32. The number of nitrogens with zero attached hydrogens (tertiary/aromatic N) is 1. The number of aromatic nitrogens is 2. The number of aromatic amines is 1. The van der Waals surface area contributed by atoms with Crippen LogP contribution >= 0.6 is 12.2 Å². The molecule has 0 spiro atoms. The van der Waals surface area contributed by atoms with Gasteiger partial charge in [0.25, 0.3) is 0 Å². The van der Waals surface area contributed by atoms with Crippen molar-refractivity contribution in [1.82, 2.24) is 9.97 Å². The van der Waals surface area contributed by atoms with Crippen molar-refractivity contribution in [3.63, 3.8) is 0 Å². The molecule has 0 unspecified atom stereocenters. The van der Waals surface area contributed by atoms with Crippen LogP contribution in [0, 0.1) is 4.64 Å². The maximum Gasteiger partial charge on any atom is 0.573 e. The smallest absolute Gasteiger partial charge is 0.405 e. The summed E-state index contributed by atoms with van der Waals surface area (Å²) in [6, 6.07) is 5.77. The van der Waals surface area contributed by atoms with Gasteiger partial charge in [0.15, 0.2) is 0 Å². The monoisotopic (exact) mass is 272 g/mol. The summed E-state index contributed by atoms with van der Waals surface area (Å²) in [4.78, 5) is 6.58. The Labute approximate surface area is 105 Å². The van der Waals surface area contributed by atoms with E-state index in [1.807, 2.05) is 0 Å². The van der Waals surface area contributed by atoms with E-state index in [0.717, 1.165) is 0 Å². The number of halogens is 3. The first-order valence-electron chi connectivity index (χ1n) is 4.85. The molecule has 0 bridgehead atoms. The molecule has 0 saturated carbocycles. The number of rotatable bonds is 2. The summed E-state index contributed by atoms with van der Waals surface area (Å²) in [6.45, 7) is 0. The van der Waals surface area contributed by atoms with E-state index >= 15 is 0 Å². The first-order chi connectivity index (χ1) is 8.46. The second-order valence-corrected chi connectivity index (χ2v) is 3.79. The third kappa shape index (κ3) is 3.07. The number of ether oxygens (including phenoxy) is 1. The van der Waals surface area contributed by atoms with E-state index in [0.29, 0.717) is 10.3 Å². The van der Waals surface area contributed by atoms with Crippen LogP contribution in [0.25, 0.3) is 11.3 Å². The lowest BCUT2D eigenvalue weighted by Gasteiger charge is -2.12. The van der Waals surface area contributed by atoms with Gasteiger partial charge in [-0.15, -0.1) is 13.2 Å². The predicted molar refractivity (Wildman–Crippen MR) is 61.5 cm³/mol. The first kappa shape index (κ1) is 12.6. The number of nitrogens with one attached hydrogen (secondary N) is 1. The molecule has 18 heavy (non-hydrogen) atoms. The Hall–Kier alpha value is -1.89. The summed E-state index contributed by atoms with van der Waals surface area (Å²) in [7, 11) is 0. The fourth-order valence-corrected chi connectivity index (χ4v) is 1.59. The molecule has 3 nitrogen and oxygen atoms in total. The van der Waals surface area contributed by atoms with E-state index in [9.17, 15) is 13.2 Å². The topological polar surface area (TPSA) is 37.9 Å². The van der Waals surface area contributed by atoms with Gasteiger partial charge in [-0.25, -0.2) is 0 Å². The van der Waals surface area contributed by atoms with Gasteiger partial charge in [-0.1, -0.05) is 24.4 Å². The Morgan fingerprint density at radius 3 is 2.56 bits per heavy atom. The fraction of sp³-hybridized carbons (Fsp3) is 0.0909. The highest BCUT2D eigenvalue weighted by Crippen LogP contribution is 2.32. The molecule has 0 aliphatic heterocycles. The molecule has 0 fully saturated rings. The SMILES string of the molecule is FC(F)(F)Oc1ccccc1-c1cncc(=S)[nH]1. The number of alkyl halides is 3. The summed E-state index contributed by atoms with van der Waals surface area (Å²) in [5.41, 5.74) is 0.608. The van der Waals surface area contributed by atoms with Crippen molar-refractivity contribution < 1.29 is 17.9 Å². The van der Waals surface area contributed by atoms with Crippen molar-refractivity contribution in [2.24, 2.45) is 0 Å². The minimum atomic E-state index is -4.74. The number of para-hydroxylation sites is 1. The van der Waals surface area contributed by atoms with Crippen molar-refractivity contribution in [3.05, 3.63) is 41.3 Å². The third-order valence-electron chi connectivity index (χ3n) is 2.06. The zero-order chi connectivity index (χ0) is 13.2. The normalized spacial score (nSPS) is 11.3. The zero-order valence-corrected chi connectivity index (χ0v) is 9.68. The van der Waals surface area contributed by atoms with Gasteiger partial charge < -0.3 is 9.72 Å². The Morgan fingerprint density at radius 2 is 1.89 bits per heavy atom. The molecule has 0 saturated heterocycles. The summed E-state index contributed by atoms with van der Waals surface area (Å²) in [5, 5.41) is 0. The third-order valence-corrected chi connectivity index (χ3v) is 2.26. The van der Waals surface area contributed by atoms with Crippen molar-refractivity contribution in [2.45, 2.75) is 6.36 Å². The molecule has 2 rings (SSSR count). The Morgan fingerprint density at radius 1 is 1.17 bits per heavy atom. The molecular formula is C11H7F3N2OS. The van der Waals surface area contributed by atoms with Gasteiger partial charge in [0.1, 0.15) is 10.4 Å². The minimum absolute atomic E-state index is 0.244. The van der Waals surface area contributed by atoms with Crippen LogP contribution in [0.5, 0.6) is 5.75 Å². The van der Waals surface area contributed by atoms with Crippen LogP contribution in [0.1, 0.15) is 0 Å². The lowest BCUT2D eigenvalue weighted by molar-refractivity contribution is -0.274. The number of hydrogen-bond acceptors (Lipinski definition) is 3. The van der Waals surface area contributed by atoms with Gasteiger partial charge in [0.05, 0.1) is 18.1 Å². The van der Waals surface area contributed by atoms with E-state index < -0.39 is 6.36 Å². The Balaban J connectivity index is 2.48. The molecule has 0 aliphatic rings. The van der Waals surface area contributed by atoms with Gasteiger partial charge in [0, 0.05) is 5.56 Å². The van der Waals surface area contributed by atoms with Gasteiger partial charge >= 0.3 is 6.36 Å². The number of benzene rings is 1. The van der Waals surface area contributed by atoms with Crippen LogP contribution in [0.15, 0.2) is 36.7 Å². The molecule has 7 heteroatoms. The van der Waals surface area contributed by atoms with Crippen molar-refractivity contribution in [3.8, 4) is 17.0 Å². The molecule has 0 amide bonds. The van der Waals surface area contributed by atoms with E-state index in [4.69, 9.17) is 12.2 Å². The molecule has 2 aromatic rings. The van der Waals surface area contributed by atoms with E-state index in [1.54, 1.807) is 6.07 Å². The van der Waals surface area contributed by atoms with E-state index in [1.165, 1.54) is 30.6 Å². The Kier molecular flexibility index (Phi) is 3.33. The zero-order valence-electron chi connectivity index (χ0n) is 8.86. The lowest BCUT2D eigenvalue weighted by atomic mass is 10.1. The van der Waals surface area contributed by atoms with Gasteiger partial charge in [-0.3, -0.25) is 4.98 Å². The van der Waals surface area contributed by atoms with Gasteiger partial charge in [-0.2, -0.15) is 0 Å². The molecule has 1 aromatic heterocycles. The number of H-pyrrole nitrogens is 1. The second-order valence-electron chi connectivity index (χ2n) is 3.35. The van der Waals surface area contributed by atoms with Crippen LogP contribution in [-0.4, -0.2) is 16.3 Å². The van der Waals surface area contributed by atoms with Crippen LogP contribution < -0.4 is 4.74 Å². The quantitative estimate of drug-likeness (QED) is 0.847. The highest BCUT2D eigenvalue weighted by molar-refractivity contribution is 7.71. The summed E-state index contributed by atoms with van der Waals surface area (Å²) in [5.74, 6) is -0.302. The average Bonchev–Trinajstić information content (AvgIpc) is 2.27. The van der Waals surface area contributed by atoms with Crippen molar-refractivity contribution in [2.75, 3.05) is 0 Å². The number of hydrogen-bond donors (Lipinski definition) is 1. The summed E-state index contributed by atoms with van der Waals surface area (Å²) >= 11 is 4.87. The molecule has 1 N–H and O–H groups in total. The average molecular weight is 272 g/mol. The van der Waals surface area contributed by atoms with Crippen molar-refractivity contribution >= 4 is 12.2 Å². The maximum atomic E-state index is 12.2. The molecule has 0 aliphatic carbocycles. The fourth-order valence-electron chi connectivity index (χ4n) is 1.42. The molecule has 94 valence electrons. The lowest BCUT2D eigenvalue weighted by Crippen LogP contribution is -2.17. The highest BCUT2D eigenvalue weighted by atomic mass is 32.1. The van der Waals surface area contributed by atoms with E-state index in [-0.39, 0.29) is 11.3 Å². The molecule has 0 radical (unpaired) electrons. The van der Waals surface area contributed by atoms with Gasteiger partial charge in [-0.05, 0) is 12.1 Å². The first-order valence-corrected chi connectivity index (χ1v) is 5.26. The van der Waals surface area contributed by atoms with Crippen molar-refractivity contribution in [1.29, 1.82) is 0 Å². The molecular weight excluding hydrogens is 265 g/mol. The molecule has 0 atom stereocenters. The van der Waals surface area contributed by atoms with Crippen LogP contribution in [0.4, 0.5) is 13.2 Å². The molecule has 1 aromatic carbocycles. The maximum absolute atomic E-state index is 12.2. The van der Waals surface area contributed by atoms with Crippen LogP contribution in [-0.2, 0) is 0 Å². The largest absolute Gasteiger partial charge is 0.573 e. The van der Waals surface area contributed by atoms with Gasteiger partial charge in [0.2, 0.25) is 0 Å². The summed E-state index contributed by atoms with van der Waals surface area (Å²) < 4.78 is 41.0. The Bertz CT molecular complexity index is 609. The van der Waals surface area contributed by atoms with Crippen LogP contribution in [0.2, 0.25) is 0 Å². The standard InChI is InChI=1S/C11H7F3N2OS/c12-11(13,14)17-9-4-2-1-3-7(9)8-5-15-6-10(18)16-8/h1-6H,(H,16,18). The summed E-state index contributed by atoms with van der Waals surface area (Å²) in [6.07, 6.45) is -1.96. The predicted octanol–water partition coefficient (Wildman–Crippen LogP) is 3.70. The minimum Gasteiger partial charge on any atom is -0.405 e. The molecule has 1 heterocycles. The second kappa shape index (κ2) is 4.77. The van der Waals surface area contributed by atoms with E-state index in [2.05, 4.69) is 14.7 Å².